The maximum Gasteiger partial charge on any atom is 0.260 e. The first kappa shape index (κ1) is 23.0. The van der Waals surface area contributed by atoms with E-state index in [1.807, 2.05) is 16.7 Å². The third-order valence-corrected chi connectivity index (χ3v) is 6.34. The summed E-state index contributed by atoms with van der Waals surface area (Å²) in [5.41, 5.74) is 5.34. The molecule has 0 amide bonds. The molecule has 3 heteroatoms. The molecule has 170 valence electrons. The summed E-state index contributed by atoms with van der Waals surface area (Å²) in [6.07, 6.45) is 10.9. The Morgan fingerprint density at radius 1 is 0.758 bits per heavy atom. The summed E-state index contributed by atoms with van der Waals surface area (Å²) in [4.78, 5) is 18.0. The minimum Gasteiger partial charge on any atom is -0.292 e. The van der Waals surface area contributed by atoms with E-state index in [9.17, 15) is 4.79 Å². The molecular formula is C30H34N2O. The van der Waals surface area contributed by atoms with Crippen LogP contribution >= 0.6 is 0 Å². The van der Waals surface area contributed by atoms with Gasteiger partial charge in [-0.3, -0.25) is 9.36 Å². The maximum absolute atomic E-state index is 13.4. The molecule has 0 fully saturated rings. The normalized spacial score (nSPS) is 11.2. The van der Waals surface area contributed by atoms with E-state index in [-0.39, 0.29) is 5.56 Å². The van der Waals surface area contributed by atoms with Crippen LogP contribution in [0.5, 0.6) is 0 Å². The van der Waals surface area contributed by atoms with E-state index in [0.29, 0.717) is 6.54 Å². The molecule has 0 spiro atoms. The zero-order chi connectivity index (χ0) is 22.9. The number of rotatable bonds is 11. The van der Waals surface area contributed by atoms with Crippen molar-refractivity contribution >= 4 is 11.0 Å². The Morgan fingerprint density at radius 2 is 1.48 bits per heavy atom. The molecule has 0 radical (unpaired) electrons. The van der Waals surface area contributed by atoms with Gasteiger partial charge in [0.25, 0.3) is 5.56 Å². The lowest BCUT2D eigenvalue weighted by atomic mass is 10.0. The summed E-state index contributed by atoms with van der Waals surface area (Å²) < 4.78 is 1.88. The van der Waals surface area contributed by atoms with Crippen molar-refractivity contribution < 1.29 is 0 Å². The zero-order valence-corrected chi connectivity index (χ0v) is 19.7. The predicted molar refractivity (Wildman–Crippen MR) is 139 cm³/mol. The number of aryl methyl sites for hydroxylation is 3. The summed E-state index contributed by atoms with van der Waals surface area (Å²) in [5, 5.41) is 1.02. The van der Waals surface area contributed by atoms with Gasteiger partial charge in [0.2, 0.25) is 0 Å². The van der Waals surface area contributed by atoms with E-state index in [2.05, 4.69) is 72.6 Å². The monoisotopic (exact) mass is 438 g/mol. The number of benzene rings is 2. The molecule has 3 nitrogen and oxygen atoms in total. The first-order chi connectivity index (χ1) is 16.3. The zero-order valence-electron chi connectivity index (χ0n) is 19.7. The van der Waals surface area contributed by atoms with Gasteiger partial charge in [-0.2, -0.15) is 0 Å². The lowest BCUT2D eigenvalue weighted by molar-refractivity contribution is 0.559. The fourth-order valence-electron chi connectivity index (χ4n) is 4.53. The fraction of sp³-hybridized carbons (Fsp3) is 0.333. The average molecular weight is 439 g/mol. The molecule has 0 atom stereocenters. The summed E-state index contributed by atoms with van der Waals surface area (Å²) in [5.74, 6) is 0. The van der Waals surface area contributed by atoms with E-state index in [4.69, 9.17) is 0 Å². The lowest BCUT2D eigenvalue weighted by Gasteiger charge is -2.13. The quantitative estimate of drug-likeness (QED) is 0.232. The Labute approximate surface area is 197 Å². The highest BCUT2D eigenvalue weighted by atomic mass is 16.1. The van der Waals surface area contributed by atoms with Gasteiger partial charge in [-0.15, -0.1) is 0 Å². The van der Waals surface area contributed by atoms with Crippen molar-refractivity contribution in [2.24, 2.45) is 0 Å². The topological polar surface area (TPSA) is 34.9 Å². The number of pyridine rings is 2. The SMILES string of the molecule is CCCc1ccc(-c2cc3cccnc3n(CCCCCCCc3ccccc3)c2=O)cc1. The minimum absolute atomic E-state index is 0.0634. The van der Waals surface area contributed by atoms with Crippen molar-refractivity contribution in [1.82, 2.24) is 9.55 Å². The van der Waals surface area contributed by atoms with Gasteiger partial charge in [0.05, 0.1) is 0 Å². The largest absolute Gasteiger partial charge is 0.292 e. The first-order valence-electron chi connectivity index (χ1n) is 12.4. The molecule has 2 aromatic carbocycles. The Morgan fingerprint density at radius 3 is 2.27 bits per heavy atom. The second-order valence-electron chi connectivity index (χ2n) is 8.88. The maximum atomic E-state index is 13.4. The van der Waals surface area contributed by atoms with Gasteiger partial charge in [0.1, 0.15) is 5.65 Å². The van der Waals surface area contributed by atoms with Crippen LogP contribution in [0.3, 0.4) is 0 Å². The molecule has 2 heterocycles. The number of fused-ring (bicyclic) bond motifs is 1. The van der Waals surface area contributed by atoms with Crippen LogP contribution < -0.4 is 5.56 Å². The second kappa shape index (κ2) is 11.6. The summed E-state index contributed by atoms with van der Waals surface area (Å²) in [6, 6.07) is 25.1. The van der Waals surface area contributed by atoms with Gasteiger partial charge in [-0.1, -0.05) is 87.2 Å². The van der Waals surface area contributed by atoms with Crippen LogP contribution in [-0.2, 0) is 19.4 Å². The number of unbranched alkanes of at least 4 members (excludes halogenated alkanes) is 4. The Kier molecular flexibility index (Phi) is 8.08. The highest BCUT2D eigenvalue weighted by Crippen LogP contribution is 2.21. The van der Waals surface area contributed by atoms with Crippen LogP contribution in [-0.4, -0.2) is 9.55 Å². The van der Waals surface area contributed by atoms with Crippen LogP contribution in [0.1, 0.15) is 56.6 Å². The summed E-state index contributed by atoms with van der Waals surface area (Å²) >= 11 is 0. The van der Waals surface area contributed by atoms with E-state index in [1.165, 1.54) is 30.4 Å². The molecule has 0 aliphatic carbocycles. The van der Waals surface area contributed by atoms with Gasteiger partial charge >= 0.3 is 0 Å². The standard InChI is InChI=1S/C30H34N2O/c1-2-12-24-17-19-26(20-18-24)28-23-27-16-11-21-31-29(27)32(30(28)33)22-10-5-3-4-7-13-25-14-8-6-9-15-25/h6,8-9,11,14-21,23H,2-5,7,10,12-13,22H2,1H3. The van der Waals surface area contributed by atoms with Gasteiger partial charge < -0.3 is 0 Å². The van der Waals surface area contributed by atoms with E-state index in [1.54, 1.807) is 6.20 Å². The molecule has 0 bridgehead atoms. The molecule has 4 rings (SSSR count). The molecule has 0 aliphatic heterocycles. The van der Waals surface area contributed by atoms with Gasteiger partial charge in [0, 0.05) is 23.7 Å². The predicted octanol–water partition coefficient (Wildman–Crippen LogP) is 7.21. The molecule has 0 saturated heterocycles. The van der Waals surface area contributed by atoms with Crippen LogP contribution in [0, 0.1) is 0 Å². The third kappa shape index (κ3) is 5.98. The van der Waals surface area contributed by atoms with E-state index in [0.717, 1.165) is 54.3 Å². The number of aromatic nitrogens is 2. The van der Waals surface area contributed by atoms with Crippen molar-refractivity contribution in [3.8, 4) is 11.1 Å². The van der Waals surface area contributed by atoms with Crippen LogP contribution in [0.15, 0.2) is 83.8 Å². The lowest BCUT2D eigenvalue weighted by Crippen LogP contribution is -2.23. The first-order valence-corrected chi connectivity index (χ1v) is 12.4. The van der Waals surface area contributed by atoms with Crippen LogP contribution in [0.25, 0.3) is 22.2 Å². The number of nitrogens with zero attached hydrogens (tertiary/aromatic N) is 2. The van der Waals surface area contributed by atoms with Crippen molar-refractivity contribution in [2.45, 2.75) is 64.8 Å². The number of hydrogen-bond donors (Lipinski definition) is 0. The molecule has 0 saturated carbocycles. The van der Waals surface area contributed by atoms with Crippen molar-refractivity contribution in [1.29, 1.82) is 0 Å². The molecule has 0 N–H and O–H groups in total. The van der Waals surface area contributed by atoms with Gasteiger partial charge in [0.15, 0.2) is 0 Å². The Bertz CT molecular complexity index is 1210. The van der Waals surface area contributed by atoms with Crippen molar-refractivity contribution in [2.75, 3.05) is 0 Å². The second-order valence-corrected chi connectivity index (χ2v) is 8.88. The summed E-state index contributed by atoms with van der Waals surface area (Å²) in [7, 11) is 0. The molecule has 4 aromatic rings. The number of hydrogen-bond acceptors (Lipinski definition) is 2. The molecule has 0 aliphatic rings. The van der Waals surface area contributed by atoms with Crippen molar-refractivity contribution in [3.05, 3.63) is 100 Å². The van der Waals surface area contributed by atoms with Crippen LogP contribution in [0.4, 0.5) is 0 Å². The highest BCUT2D eigenvalue weighted by Gasteiger charge is 2.12. The molecular weight excluding hydrogens is 404 g/mol. The van der Waals surface area contributed by atoms with Gasteiger partial charge in [-0.05, 0) is 60.6 Å². The summed E-state index contributed by atoms with van der Waals surface area (Å²) in [6.45, 7) is 2.90. The Hall–Kier alpha value is -3.20. The molecule has 0 unspecified atom stereocenters. The third-order valence-electron chi connectivity index (χ3n) is 6.34. The van der Waals surface area contributed by atoms with E-state index >= 15 is 0 Å². The smallest absolute Gasteiger partial charge is 0.260 e. The van der Waals surface area contributed by atoms with Gasteiger partial charge in [-0.25, -0.2) is 4.98 Å². The highest BCUT2D eigenvalue weighted by molar-refractivity contribution is 5.81. The van der Waals surface area contributed by atoms with E-state index < -0.39 is 0 Å². The molecule has 33 heavy (non-hydrogen) atoms. The minimum atomic E-state index is 0.0634. The van der Waals surface area contributed by atoms with Crippen LogP contribution in [0.2, 0.25) is 0 Å². The molecule has 2 aromatic heterocycles. The fourth-order valence-corrected chi connectivity index (χ4v) is 4.53. The average Bonchev–Trinajstić information content (AvgIpc) is 2.86. The van der Waals surface area contributed by atoms with Crippen molar-refractivity contribution in [3.63, 3.8) is 0 Å². The Balaban J connectivity index is 1.42.